The van der Waals surface area contributed by atoms with Crippen LogP contribution >= 0.6 is 11.6 Å². The third-order valence-corrected chi connectivity index (χ3v) is 2.84. The van der Waals surface area contributed by atoms with Crippen LogP contribution in [0.15, 0.2) is 42.5 Å². The van der Waals surface area contributed by atoms with Crippen LogP contribution in [0.1, 0.15) is 11.1 Å². The van der Waals surface area contributed by atoms with Gasteiger partial charge in [-0.3, -0.25) is 0 Å². The van der Waals surface area contributed by atoms with Crippen molar-refractivity contribution in [1.82, 2.24) is 0 Å². The summed E-state index contributed by atoms with van der Waals surface area (Å²) in [5, 5.41) is 0.557. The van der Waals surface area contributed by atoms with Crippen LogP contribution in [0.25, 0.3) is 0 Å². The largest absolute Gasteiger partial charge is 0.487 e. The Morgan fingerprint density at radius 3 is 2.71 bits per heavy atom. The van der Waals surface area contributed by atoms with E-state index in [-0.39, 0.29) is 5.82 Å². The van der Waals surface area contributed by atoms with Crippen molar-refractivity contribution < 1.29 is 9.13 Å². The van der Waals surface area contributed by atoms with Crippen LogP contribution in [0, 0.1) is 12.7 Å². The van der Waals surface area contributed by atoms with Gasteiger partial charge in [-0.2, -0.15) is 0 Å². The lowest BCUT2D eigenvalue weighted by atomic mass is 10.1. The molecule has 0 spiro atoms. The Balaban J connectivity index is 2.12. The molecular formula is C14H12ClFO. The summed E-state index contributed by atoms with van der Waals surface area (Å²) in [4.78, 5) is 0. The summed E-state index contributed by atoms with van der Waals surface area (Å²) in [5.74, 6) is 0.353. The van der Waals surface area contributed by atoms with Gasteiger partial charge in [0.2, 0.25) is 0 Å². The van der Waals surface area contributed by atoms with Crippen molar-refractivity contribution in [3.05, 3.63) is 64.4 Å². The first-order valence-electron chi connectivity index (χ1n) is 5.29. The zero-order valence-corrected chi connectivity index (χ0v) is 10.2. The lowest BCUT2D eigenvalue weighted by molar-refractivity contribution is 0.305. The van der Waals surface area contributed by atoms with E-state index < -0.39 is 0 Å². The van der Waals surface area contributed by atoms with Gasteiger partial charge in [-0.1, -0.05) is 29.8 Å². The molecule has 0 atom stereocenters. The van der Waals surface area contributed by atoms with E-state index in [1.807, 2.05) is 19.1 Å². The first-order chi connectivity index (χ1) is 8.16. The second kappa shape index (κ2) is 5.19. The highest BCUT2D eigenvalue weighted by Crippen LogP contribution is 2.24. The Bertz CT molecular complexity index is 525. The van der Waals surface area contributed by atoms with Crippen molar-refractivity contribution in [3.8, 4) is 5.75 Å². The van der Waals surface area contributed by atoms with Crippen LogP contribution < -0.4 is 4.74 Å². The van der Waals surface area contributed by atoms with Crippen molar-refractivity contribution in [2.45, 2.75) is 13.5 Å². The van der Waals surface area contributed by atoms with Gasteiger partial charge in [0.05, 0.1) is 5.02 Å². The van der Waals surface area contributed by atoms with Gasteiger partial charge in [0.1, 0.15) is 18.2 Å². The standard InChI is InChI=1S/C14H12ClFO/c1-10-6-7-12(16)8-11(10)9-17-14-5-3-2-4-13(14)15/h2-8H,9H2,1H3. The molecule has 3 heteroatoms. The minimum absolute atomic E-state index is 0.256. The van der Waals surface area contributed by atoms with Gasteiger partial charge in [-0.15, -0.1) is 0 Å². The SMILES string of the molecule is Cc1ccc(F)cc1COc1ccccc1Cl. The number of ether oxygens (including phenoxy) is 1. The van der Waals surface area contributed by atoms with E-state index in [9.17, 15) is 4.39 Å². The molecule has 0 N–H and O–H groups in total. The summed E-state index contributed by atoms with van der Waals surface area (Å²) in [6, 6.07) is 11.9. The molecule has 0 saturated carbocycles. The minimum Gasteiger partial charge on any atom is -0.487 e. The fourth-order valence-corrected chi connectivity index (χ4v) is 1.70. The molecule has 0 aliphatic heterocycles. The van der Waals surface area contributed by atoms with Gasteiger partial charge in [-0.05, 0) is 42.3 Å². The number of para-hydroxylation sites is 1. The summed E-state index contributed by atoms with van der Waals surface area (Å²) >= 11 is 5.96. The number of rotatable bonds is 3. The second-order valence-corrected chi connectivity index (χ2v) is 4.20. The molecule has 88 valence electrons. The maximum Gasteiger partial charge on any atom is 0.138 e. The van der Waals surface area contributed by atoms with Gasteiger partial charge in [0, 0.05) is 0 Å². The van der Waals surface area contributed by atoms with E-state index >= 15 is 0 Å². The van der Waals surface area contributed by atoms with Crippen molar-refractivity contribution in [1.29, 1.82) is 0 Å². The van der Waals surface area contributed by atoms with Gasteiger partial charge < -0.3 is 4.74 Å². The van der Waals surface area contributed by atoms with Crippen molar-refractivity contribution in [2.75, 3.05) is 0 Å². The predicted octanol–water partition coefficient (Wildman–Crippen LogP) is 4.37. The van der Waals surface area contributed by atoms with Gasteiger partial charge >= 0.3 is 0 Å². The Hall–Kier alpha value is -1.54. The highest BCUT2D eigenvalue weighted by Gasteiger charge is 2.04. The molecule has 2 aromatic rings. The number of hydrogen-bond acceptors (Lipinski definition) is 1. The lowest BCUT2D eigenvalue weighted by Gasteiger charge is -2.09. The van der Waals surface area contributed by atoms with Gasteiger partial charge in [0.15, 0.2) is 0 Å². The Morgan fingerprint density at radius 2 is 1.94 bits per heavy atom. The van der Waals surface area contributed by atoms with Crippen LogP contribution in [-0.2, 0) is 6.61 Å². The van der Waals surface area contributed by atoms with Crippen LogP contribution in [-0.4, -0.2) is 0 Å². The number of benzene rings is 2. The molecule has 0 fully saturated rings. The number of halogens is 2. The summed E-state index contributed by atoms with van der Waals surface area (Å²) in [6.45, 7) is 2.23. The quantitative estimate of drug-likeness (QED) is 0.786. The van der Waals surface area contributed by atoms with Crippen molar-refractivity contribution in [3.63, 3.8) is 0 Å². The zero-order valence-electron chi connectivity index (χ0n) is 9.41. The minimum atomic E-state index is -0.256. The molecule has 0 aromatic heterocycles. The first-order valence-corrected chi connectivity index (χ1v) is 5.67. The van der Waals surface area contributed by atoms with Crippen molar-refractivity contribution >= 4 is 11.6 Å². The normalized spacial score (nSPS) is 10.3. The average molecular weight is 251 g/mol. The number of aryl methyl sites for hydroxylation is 1. The molecule has 0 radical (unpaired) electrons. The Labute approximate surface area is 105 Å². The molecule has 0 saturated heterocycles. The molecule has 1 nitrogen and oxygen atoms in total. The molecule has 2 aromatic carbocycles. The van der Waals surface area contributed by atoms with E-state index in [1.54, 1.807) is 18.2 Å². The van der Waals surface area contributed by atoms with Gasteiger partial charge in [-0.25, -0.2) is 4.39 Å². The summed E-state index contributed by atoms with van der Waals surface area (Å²) < 4.78 is 18.6. The Morgan fingerprint density at radius 1 is 1.18 bits per heavy atom. The average Bonchev–Trinajstić information content (AvgIpc) is 2.32. The third kappa shape index (κ3) is 2.98. The first kappa shape index (κ1) is 11.9. The second-order valence-electron chi connectivity index (χ2n) is 3.79. The van der Waals surface area contributed by atoms with Crippen LogP contribution in [0.5, 0.6) is 5.75 Å². The molecule has 0 bridgehead atoms. The van der Waals surface area contributed by atoms with E-state index in [4.69, 9.17) is 16.3 Å². The third-order valence-electron chi connectivity index (χ3n) is 2.53. The fourth-order valence-electron chi connectivity index (χ4n) is 1.51. The fraction of sp³-hybridized carbons (Fsp3) is 0.143. The smallest absolute Gasteiger partial charge is 0.138 e. The van der Waals surface area contributed by atoms with E-state index in [0.717, 1.165) is 11.1 Å². The topological polar surface area (TPSA) is 9.23 Å². The molecule has 0 heterocycles. The van der Waals surface area contributed by atoms with Crippen LogP contribution in [0.4, 0.5) is 4.39 Å². The van der Waals surface area contributed by atoms with E-state index in [0.29, 0.717) is 17.4 Å². The Kier molecular flexibility index (Phi) is 3.64. The highest BCUT2D eigenvalue weighted by molar-refractivity contribution is 6.32. The molecule has 0 aliphatic carbocycles. The van der Waals surface area contributed by atoms with Crippen LogP contribution in [0.3, 0.4) is 0 Å². The maximum atomic E-state index is 13.1. The van der Waals surface area contributed by atoms with E-state index in [1.165, 1.54) is 12.1 Å². The molecule has 0 amide bonds. The summed E-state index contributed by atoms with van der Waals surface area (Å²) in [6.07, 6.45) is 0. The highest BCUT2D eigenvalue weighted by atomic mass is 35.5. The summed E-state index contributed by atoms with van der Waals surface area (Å²) in [5.41, 5.74) is 1.82. The monoisotopic (exact) mass is 250 g/mol. The molecule has 17 heavy (non-hydrogen) atoms. The van der Waals surface area contributed by atoms with E-state index in [2.05, 4.69) is 0 Å². The molecule has 0 unspecified atom stereocenters. The zero-order chi connectivity index (χ0) is 12.3. The molecule has 2 rings (SSSR count). The molecule has 0 aliphatic rings. The van der Waals surface area contributed by atoms with Gasteiger partial charge in [0.25, 0.3) is 0 Å². The maximum absolute atomic E-state index is 13.1. The number of hydrogen-bond donors (Lipinski definition) is 0. The summed E-state index contributed by atoms with van der Waals surface area (Å²) in [7, 11) is 0. The molecular weight excluding hydrogens is 239 g/mol. The predicted molar refractivity (Wildman–Crippen MR) is 66.9 cm³/mol. The lowest BCUT2D eigenvalue weighted by Crippen LogP contribution is -1.99. The van der Waals surface area contributed by atoms with Crippen molar-refractivity contribution in [2.24, 2.45) is 0 Å². The van der Waals surface area contributed by atoms with Crippen LogP contribution in [0.2, 0.25) is 5.02 Å².